The van der Waals surface area contributed by atoms with E-state index in [1.165, 1.54) is 26.2 Å². The minimum Gasteiger partial charge on any atom is -0.298 e. The van der Waals surface area contributed by atoms with E-state index in [-0.39, 0.29) is 0 Å². The number of fused-ring (bicyclic) bond motifs is 3. The highest BCUT2D eigenvalue weighted by Crippen LogP contribution is 2.18. The maximum atomic E-state index is 3.55. The Kier molecular flexibility index (Phi) is 1.61. The van der Waals surface area contributed by atoms with Crippen LogP contribution in [0.2, 0.25) is 0 Å². The lowest BCUT2D eigenvalue weighted by Gasteiger charge is -2.40. The summed E-state index contributed by atoms with van der Waals surface area (Å²) in [5.41, 5.74) is 0. The third-order valence-corrected chi connectivity index (χ3v) is 3.27. The first-order chi connectivity index (χ1) is 5.95. The standard InChI is InChI=1S/C8H16N4/c1-3-11-5-6-12-4-2-10-8(12)7(11)9-1/h7-10H,1-6H2. The Balaban J connectivity index is 1.81. The first kappa shape index (κ1) is 7.26. The highest BCUT2D eigenvalue weighted by molar-refractivity contribution is 4.95. The van der Waals surface area contributed by atoms with Gasteiger partial charge in [0.2, 0.25) is 0 Å². The van der Waals surface area contributed by atoms with Gasteiger partial charge in [-0.05, 0) is 0 Å². The van der Waals surface area contributed by atoms with Crippen LogP contribution in [-0.4, -0.2) is 61.4 Å². The van der Waals surface area contributed by atoms with Crippen LogP contribution in [0, 0.1) is 0 Å². The van der Waals surface area contributed by atoms with E-state index in [9.17, 15) is 0 Å². The second-order valence-corrected chi connectivity index (χ2v) is 3.87. The molecule has 3 fully saturated rings. The van der Waals surface area contributed by atoms with Gasteiger partial charge in [0.25, 0.3) is 0 Å². The van der Waals surface area contributed by atoms with Crippen LogP contribution in [0.15, 0.2) is 0 Å². The molecule has 3 aliphatic heterocycles. The van der Waals surface area contributed by atoms with Gasteiger partial charge in [0, 0.05) is 39.3 Å². The van der Waals surface area contributed by atoms with Gasteiger partial charge in [-0.1, -0.05) is 0 Å². The zero-order valence-corrected chi connectivity index (χ0v) is 7.29. The predicted octanol–water partition coefficient (Wildman–Crippen LogP) is -1.54. The van der Waals surface area contributed by atoms with Gasteiger partial charge in [-0.15, -0.1) is 0 Å². The molecule has 68 valence electrons. The van der Waals surface area contributed by atoms with Crippen LogP contribution in [0.5, 0.6) is 0 Å². The molecule has 0 radical (unpaired) electrons. The molecule has 0 saturated carbocycles. The van der Waals surface area contributed by atoms with Crippen LogP contribution in [0.1, 0.15) is 0 Å². The monoisotopic (exact) mass is 168 g/mol. The van der Waals surface area contributed by atoms with E-state index in [1.807, 2.05) is 0 Å². The third-order valence-electron chi connectivity index (χ3n) is 3.27. The Labute approximate surface area is 72.9 Å². The van der Waals surface area contributed by atoms with Gasteiger partial charge < -0.3 is 0 Å². The van der Waals surface area contributed by atoms with Gasteiger partial charge in [0.15, 0.2) is 0 Å². The number of nitrogens with one attached hydrogen (secondary N) is 2. The summed E-state index contributed by atoms with van der Waals surface area (Å²) >= 11 is 0. The number of rotatable bonds is 0. The van der Waals surface area contributed by atoms with E-state index in [1.54, 1.807) is 0 Å². The van der Waals surface area contributed by atoms with Crippen molar-refractivity contribution < 1.29 is 0 Å². The fourth-order valence-corrected chi connectivity index (χ4v) is 2.63. The fourth-order valence-electron chi connectivity index (χ4n) is 2.63. The van der Waals surface area contributed by atoms with Crippen molar-refractivity contribution in [3.05, 3.63) is 0 Å². The topological polar surface area (TPSA) is 30.5 Å². The molecule has 12 heavy (non-hydrogen) atoms. The quantitative estimate of drug-likeness (QED) is 0.459. The molecule has 2 unspecified atom stereocenters. The van der Waals surface area contributed by atoms with Crippen LogP contribution >= 0.6 is 0 Å². The molecule has 0 spiro atoms. The van der Waals surface area contributed by atoms with Crippen molar-refractivity contribution in [2.24, 2.45) is 0 Å². The fraction of sp³-hybridized carbons (Fsp3) is 1.00. The minimum absolute atomic E-state index is 0.584. The number of piperazine rings is 1. The number of hydrogen-bond donors (Lipinski definition) is 2. The average molecular weight is 168 g/mol. The Morgan fingerprint density at radius 2 is 1.25 bits per heavy atom. The third kappa shape index (κ3) is 0.925. The van der Waals surface area contributed by atoms with E-state index < -0.39 is 0 Å². The van der Waals surface area contributed by atoms with Crippen LogP contribution in [0.4, 0.5) is 0 Å². The molecule has 0 aromatic heterocycles. The summed E-state index contributed by atoms with van der Waals surface area (Å²) in [6.45, 7) is 7.28. The number of hydrogen-bond acceptors (Lipinski definition) is 4. The molecule has 3 rings (SSSR count). The van der Waals surface area contributed by atoms with Crippen molar-refractivity contribution >= 4 is 0 Å². The molecule has 0 aromatic rings. The molecule has 3 saturated heterocycles. The Morgan fingerprint density at radius 1 is 0.750 bits per heavy atom. The summed E-state index contributed by atoms with van der Waals surface area (Å²) in [5, 5.41) is 7.10. The van der Waals surface area contributed by atoms with Crippen LogP contribution in [0.3, 0.4) is 0 Å². The largest absolute Gasteiger partial charge is 0.298 e. The molecule has 2 atom stereocenters. The zero-order chi connectivity index (χ0) is 7.97. The Bertz CT molecular complexity index is 164. The average Bonchev–Trinajstić information content (AvgIpc) is 2.71. The predicted molar refractivity (Wildman–Crippen MR) is 46.7 cm³/mol. The van der Waals surface area contributed by atoms with Gasteiger partial charge >= 0.3 is 0 Å². The molecule has 4 heteroatoms. The molecule has 0 aromatic carbocycles. The smallest absolute Gasteiger partial charge is 0.0895 e. The van der Waals surface area contributed by atoms with E-state index in [4.69, 9.17) is 0 Å². The molecule has 3 aliphatic rings. The normalized spacial score (nSPS) is 43.0. The molecule has 4 nitrogen and oxygen atoms in total. The Hall–Kier alpha value is -0.160. The summed E-state index contributed by atoms with van der Waals surface area (Å²) in [6.07, 6.45) is 1.17. The Morgan fingerprint density at radius 3 is 1.75 bits per heavy atom. The van der Waals surface area contributed by atoms with Gasteiger partial charge in [0.05, 0.1) is 12.3 Å². The summed E-state index contributed by atoms with van der Waals surface area (Å²) in [6, 6.07) is 0. The van der Waals surface area contributed by atoms with Crippen LogP contribution < -0.4 is 10.6 Å². The summed E-state index contributed by atoms with van der Waals surface area (Å²) in [5.74, 6) is 0. The minimum atomic E-state index is 0.584. The summed E-state index contributed by atoms with van der Waals surface area (Å²) in [4.78, 5) is 5.11. The van der Waals surface area contributed by atoms with Crippen LogP contribution in [-0.2, 0) is 0 Å². The van der Waals surface area contributed by atoms with Gasteiger partial charge in [-0.25, -0.2) is 0 Å². The van der Waals surface area contributed by atoms with Crippen molar-refractivity contribution in [1.82, 2.24) is 20.4 Å². The van der Waals surface area contributed by atoms with Crippen molar-refractivity contribution in [2.45, 2.75) is 12.3 Å². The maximum absolute atomic E-state index is 3.55. The maximum Gasteiger partial charge on any atom is 0.0895 e. The van der Waals surface area contributed by atoms with E-state index >= 15 is 0 Å². The van der Waals surface area contributed by atoms with Crippen molar-refractivity contribution in [3.8, 4) is 0 Å². The van der Waals surface area contributed by atoms with E-state index in [0.717, 1.165) is 13.1 Å². The summed E-state index contributed by atoms with van der Waals surface area (Å²) in [7, 11) is 0. The van der Waals surface area contributed by atoms with Gasteiger partial charge in [-0.3, -0.25) is 20.4 Å². The van der Waals surface area contributed by atoms with E-state index in [2.05, 4.69) is 20.4 Å². The molecular formula is C8H16N4. The first-order valence-corrected chi connectivity index (χ1v) is 4.90. The second kappa shape index (κ2) is 2.67. The molecule has 0 amide bonds. The molecule has 3 heterocycles. The van der Waals surface area contributed by atoms with Crippen molar-refractivity contribution in [1.29, 1.82) is 0 Å². The molecular weight excluding hydrogens is 152 g/mol. The van der Waals surface area contributed by atoms with Gasteiger partial charge in [-0.2, -0.15) is 0 Å². The second-order valence-electron chi connectivity index (χ2n) is 3.87. The lowest BCUT2D eigenvalue weighted by Crippen LogP contribution is -2.61. The number of nitrogens with zero attached hydrogens (tertiary/aromatic N) is 2. The molecule has 0 aliphatic carbocycles. The van der Waals surface area contributed by atoms with E-state index in [0.29, 0.717) is 12.3 Å². The first-order valence-electron chi connectivity index (χ1n) is 4.90. The van der Waals surface area contributed by atoms with Crippen molar-refractivity contribution in [2.75, 3.05) is 39.3 Å². The summed E-state index contributed by atoms with van der Waals surface area (Å²) < 4.78 is 0. The van der Waals surface area contributed by atoms with Crippen molar-refractivity contribution in [3.63, 3.8) is 0 Å². The zero-order valence-electron chi connectivity index (χ0n) is 7.29. The highest BCUT2D eigenvalue weighted by atomic mass is 15.5. The lowest BCUT2D eigenvalue weighted by molar-refractivity contribution is 0.0535. The molecule has 2 N–H and O–H groups in total. The molecule has 0 bridgehead atoms. The van der Waals surface area contributed by atoms with Crippen LogP contribution in [0.25, 0.3) is 0 Å². The SMILES string of the molecule is C1CN2CCN3CCNC3C2N1. The van der Waals surface area contributed by atoms with Gasteiger partial charge in [0.1, 0.15) is 0 Å². The highest BCUT2D eigenvalue weighted by Gasteiger charge is 2.40. The lowest BCUT2D eigenvalue weighted by atomic mass is 10.2.